The minimum Gasteiger partial charge on any atom is -0.478 e. The maximum absolute atomic E-state index is 13.9. The third-order valence-corrected chi connectivity index (χ3v) is 4.25. The second-order valence-corrected chi connectivity index (χ2v) is 5.90. The molecule has 1 heterocycles. The van der Waals surface area contributed by atoms with Crippen LogP contribution in [0.2, 0.25) is 0 Å². The van der Waals surface area contributed by atoms with Gasteiger partial charge in [0.25, 0.3) is 0 Å². The third-order valence-electron chi connectivity index (χ3n) is 2.97. The Kier molecular flexibility index (Phi) is 4.08. The Hall–Kier alpha value is -1.27. The average molecular weight is 271 g/mol. The summed E-state index contributed by atoms with van der Waals surface area (Å²) in [6.07, 6.45) is 0. The van der Waals surface area contributed by atoms with Gasteiger partial charge in [0.05, 0.1) is 5.56 Å². The van der Waals surface area contributed by atoms with E-state index in [4.69, 9.17) is 5.11 Å². The molecule has 4 nitrogen and oxygen atoms in total. The van der Waals surface area contributed by atoms with Crippen molar-refractivity contribution >= 4 is 16.8 Å². The van der Waals surface area contributed by atoms with Gasteiger partial charge in [-0.1, -0.05) is 12.1 Å². The molecule has 1 aromatic carbocycles. The van der Waals surface area contributed by atoms with Crippen molar-refractivity contribution in [1.82, 2.24) is 4.90 Å². The first-order valence-corrected chi connectivity index (χ1v) is 7.15. The van der Waals surface area contributed by atoms with Crippen molar-refractivity contribution in [2.45, 2.75) is 6.54 Å². The molecular weight excluding hydrogens is 257 g/mol. The Morgan fingerprint density at radius 2 is 2.06 bits per heavy atom. The molecule has 0 amide bonds. The molecule has 2 rings (SSSR count). The number of hydrogen-bond acceptors (Lipinski definition) is 3. The number of aromatic carboxylic acids is 1. The van der Waals surface area contributed by atoms with Crippen molar-refractivity contribution in [3.8, 4) is 0 Å². The first kappa shape index (κ1) is 13.2. The third kappa shape index (κ3) is 2.94. The van der Waals surface area contributed by atoms with E-state index in [1.165, 1.54) is 6.07 Å². The van der Waals surface area contributed by atoms with Crippen LogP contribution in [0, 0.1) is 5.82 Å². The Balaban J connectivity index is 2.12. The van der Waals surface area contributed by atoms with Gasteiger partial charge in [0, 0.05) is 47.5 Å². The van der Waals surface area contributed by atoms with Crippen LogP contribution in [0.5, 0.6) is 0 Å². The van der Waals surface area contributed by atoms with Crippen molar-refractivity contribution in [1.29, 1.82) is 0 Å². The topological polar surface area (TPSA) is 57.6 Å². The summed E-state index contributed by atoms with van der Waals surface area (Å²) in [6.45, 7) is 1.68. The minimum absolute atomic E-state index is 0.298. The highest BCUT2D eigenvalue weighted by atomic mass is 32.2. The molecule has 0 aromatic heterocycles. The van der Waals surface area contributed by atoms with Crippen LogP contribution in [0.3, 0.4) is 0 Å². The van der Waals surface area contributed by atoms with Gasteiger partial charge in [0.1, 0.15) is 5.82 Å². The molecule has 1 fully saturated rings. The highest BCUT2D eigenvalue weighted by Gasteiger charge is 2.19. The van der Waals surface area contributed by atoms with Crippen LogP contribution < -0.4 is 0 Å². The Bertz CT molecular complexity index is 482. The quantitative estimate of drug-likeness (QED) is 0.894. The number of carboxylic acids is 1. The predicted octanol–water partition coefficient (Wildman–Crippen LogP) is 1.09. The van der Waals surface area contributed by atoms with Crippen molar-refractivity contribution < 1.29 is 18.5 Å². The molecule has 0 atom stereocenters. The largest absolute Gasteiger partial charge is 0.478 e. The molecule has 0 spiro atoms. The molecule has 1 aliphatic heterocycles. The van der Waals surface area contributed by atoms with E-state index in [2.05, 4.69) is 0 Å². The molecule has 1 aromatic rings. The van der Waals surface area contributed by atoms with Gasteiger partial charge < -0.3 is 5.11 Å². The van der Waals surface area contributed by atoms with E-state index >= 15 is 0 Å². The summed E-state index contributed by atoms with van der Waals surface area (Å²) in [4.78, 5) is 12.8. The van der Waals surface area contributed by atoms with Crippen LogP contribution in [0.1, 0.15) is 15.9 Å². The molecular formula is C12H14FNO3S. The maximum atomic E-state index is 13.9. The Morgan fingerprint density at radius 1 is 1.39 bits per heavy atom. The number of benzene rings is 1. The van der Waals surface area contributed by atoms with Crippen LogP contribution in [-0.2, 0) is 17.3 Å². The fraction of sp³-hybridized carbons (Fsp3) is 0.417. The van der Waals surface area contributed by atoms with Crippen LogP contribution in [0.15, 0.2) is 18.2 Å². The van der Waals surface area contributed by atoms with Crippen LogP contribution in [-0.4, -0.2) is 44.8 Å². The molecule has 98 valence electrons. The van der Waals surface area contributed by atoms with Crippen LogP contribution in [0.25, 0.3) is 0 Å². The van der Waals surface area contributed by atoms with Gasteiger partial charge in [0.2, 0.25) is 0 Å². The molecule has 18 heavy (non-hydrogen) atoms. The summed E-state index contributed by atoms with van der Waals surface area (Å²) in [7, 11) is -0.765. The van der Waals surface area contributed by atoms with Crippen molar-refractivity contribution in [2.24, 2.45) is 0 Å². The molecule has 0 saturated carbocycles. The van der Waals surface area contributed by atoms with E-state index in [9.17, 15) is 13.4 Å². The Morgan fingerprint density at radius 3 is 2.67 bits per heavy atom. The van der Waals surface area contributed by atoms with E-state index in [1.807, 2.05) is 4.90 Å². The highest BCUT2D eigenvalue weighted by molar-refractivity contribution is 7.85. The van der Waals surface area contributed by atoms with Crippen LogP contribution >= 0.6 is 0 Å². The van der Waals surface area contributed by atoms with Crippen molar-refractivity contribution in [2.75, 3.05) is 24.6 Å². The fourth-order valence-corrected chi connectivity index (χ4v) is 3.07. The predicted molar refractivity (Wildman–Crippen MR) is 66.5 cm³/mol. The number of rotatable bonds is 3. The van der Waals surface area contributed by atoms with Gasteiger partial charge in [-0.3, -0.25) is 9.11 Å². The zero-order chi connectivity index (χ0) is 13.1. The summed E-state index contributed by atoms with van der Waals surface area (Å²) >= 11 is 0. The SMILES string of the molecule is O=C(O)c1cccc(CN2CCS(=O)CC2)c1F. The minimum atomic E-state index is -1.26. The zero-order valence-electron chi connectivity index (χ0n) is 9.76. The highest BCUT2D eigenvalue weighted by Crippen LogP contribution is 2.16. The molecule has 0 aliphatic carbocycles. The monoisotopic (exact) mass is 271 g/mol. The maximum Gasteiger partial charge on any atom is 0.338 e. The van der Waals surface area contributed by atoms with E-state index < -0.39 is 22.6 Å². The summed E-state index contributed by atoms with van der Waals surface area (Å²) in [5.74, 6) is -0.730. The number of halogens is 1. The van der Waals surface area contributed by atoms with E-state index in [1.54, 1.807) is 12.1 Å². The Labute approximate surface area is 107 Å². The summed E-state index contributed by atoms with van der Waals surface area (Å²) in [6, 6.07) is 4.39. The second-order valence-electron chi connectivity index (χ2n) is 4.21. The zero-order valence-corrected chi connectivity index (χ0v) is 10.6. The lowest BCUT2D eigenvalue weighted by Crippen LogP contribution is -2.37. The van der Waals surface area contributed by atoms with Crippen LogP contribution in [0.4, 0.5) is 4.39 Å². The van der Waals surface area contributed by atoms with Gasteiger partial charge in [0.15, 0.2) is 0 Å². The second kappa shape index (κ2) is 5.58. The smallest absolute Gasteiger partial charge is 0.338 e. The molecule has 1 N–H and O–H groups in total. The van der Waals surface area contributed by atoms with E-state index in [0.717, 1.165) is 0 Å². The number of carboxylic acid groups (broad SMARTS) is 1. The molecule has 0 radical (unpaired) electrons. The van der Waals surface area contributed by atoms with E-state index in [0.29, 0.717) is 36.7 Å². The van der Waals surface area contributed by atoms with Gasteiger partial charge >= 0.3 is 5.97 Å². The first-order chi connectivity index (χ1) is 8.58. The summed E-state index contributed by atoms with van der Waals surface area (Å²) < 4.78 is 25.1. The van der Waals surface area contributed by atoms with E-state index in [-0.39, 0.29) is 5.56 Å². The normalized spacial score (nSPS) is 17.8. The van der Waals surface area contributed by atoms with Gasteiger partial charge in [-0.15, -0.1) is 0 Å². The van der Waals surface area contributed by atoms with Crippen molar-refractivity contribution in [3.05, 3.63) is 35.1 Å². The lowest BCUT2D eigenvalue weighted by molar-refractivity contribution is 0.0691. The molecule has 0 unspecified atom stereocenters. The lowest BCUT2D eigenvalue weighted by atomic mass is 10.1. The van der Waals surface area contributed by atoms with Crippen molar-refractivity contribution in [3.63, 3.8) is 0 Å². The van der Waals surface area contributed by atoms with Gasteiger partial charge in [-0.25, -0.2) is 9.18 Å². The van der Waals surface area contributed by atoms with Gasteiger partial charge in [-0.2, -0.15) is 0 Å². The summed E-state index contributed by atoms with van der Waals surface area (Å²) in [5, 5.41) is 8.84. The lowest BCUT2D eigenvalue weighted by Gasteiger charge is -2.26. The molecule has 6 heteroatoms. The standard InChI is InChI=1S/C12H14FNO3S/c13-11-9(2-1-3-10(11)12(15)16)8-14-4-6-18(17)7-5-14/h1-3H,4-8H2,(H,15,16). The first-order valence-electron chi connectivity index (χ1n) is 5.66. The number of carbonyl (C=O) groups is 1. The fourth-order valence-electron chi connectivity index (χ4n) is 1.94. The number of hydrogen-bond donors (Lipinski definition) is 1. The molecule has 1 aliphatic rings. The number of nitrogens with zero attached hydrogens (tertiary/aromatic N) is 1. The molecule has 0 bridgehead atoms. The molecule has 1 saturated heterocycles. The average Bonchev–Trinajstić information content (AvgIpc) is 2.34. The summed E-state index contributed by atoms with van der Waals surface area (Å²) in [5.41, 5.74) is 0.0793. The van der Waals surface area contributed by atoms with Gasteiger partial charge in [-0.05, 0) is 6.07 Å².